The second-order valence-corrected chi connectivity index (χ2v) is 7.90. The number of sulfonamides is 1. The number of amides is 1. The molecule has 0 saturated heterocycles. The maximum atomic E-state index is 12.1. The van der Waals surface area contributed by atoms with Gasteiger partial charge in [-0.05, 0) is 48.0 Å². The molecule has 28 heavy (non-hydrogen) atoms. The molecule has 1 amide bonds. The van der Waals surface area contributed by atoms with Crippen molar-refractivity contribution in [3.63, 3.8) is 0 Å². The van der Waals surface area contributed by atoms with Crippen LogP contribution in [-0.4, -0.2) is 39.9 Å². The molecule has 0 radical (unpaired) electrons. The smallest absolute Gasteiger partial charge is 0.260 e. The molecule has 0 spiro atoms. The van der Waals surface area contributed by atoms with Crippen LogP contribution in [0.2, 0.25) is 5.02 Å². The lowest BCUT2D eigenvalue weighted by molar-refractivity contribution is -0.119. The molecule has 0 aliphatic rings. The zero-order chi connectivity index (χ0) is 20.6. The van der Waals surface area contributed by atoms with Gasteiger partial charge in [0.2, 0.25) is 10.0 Å². The summed E-state index contributed by atoms with van der Waals surface area (Å²) in [5.74, 6) is -0.0799. The number of hydrogen-bond donors (Lipinski definition) is 1. The van der Waals surface area contributed by atoms with Gasteiger partial charge in [-0.15, -0.1) is 0 Å². The first-order valence-electron chi connectivity index (χ1n) is 7.94. The van der Waals surface area contributed by atoms with Gasteiger partial charge in [0.1, 0.15) is 18.4 Å². The standard InChI is InChI=1S/C18H17ClN4O4S/c1-28(25,26)23(16-4-2-3-15(19)11-16)13-18(24)22-21-12-14-5-7-17(8-6-14)27-10-9-20/h2-8,11-12H,10,13H2,1H3,(H,22,24)/b21-12-. The van der Waals surface area contributed by atoms with Crippen LogP contribution >= 0.6 is 11.6 Å². The van der Waals surface area contributed by atoms with Crippen LogP contribution in [-0.2, 0) is 14.8 Å². The Morgan fingerprint density at radius 1 is 1.32 bits per heavy atom. The van der Waals surface area contributed by atoms with Crippen molar-refractivity contribution < 1.29 is 17.9 Å². The molecule has 146 valence electrons. The number of hydrogen-bond acceptors (Lipinski definition) is 6. The molecule has 0 atom stereocenters. The first kappa shape index (κ1) is 21.2. The molecule has 10 heteroatoms. The Labute approximate surface area is 168 Å². The largest absolute Gasteiger partial charge is 0.479 e. The molecular formula is C18H17ClN4O4S. The molecule has 0 saturated carbocycles. The van der Waals surface area contributed by atoms with E-state index in [1.54, 1.807) is 42.5 Å². The minimum Gasteiger partial charge on any atom is -0.479 e. The highest BCUT2D eigenvalue weighted by molar-refractivity contribution is 7.92. The second-order valence-electron chi connectivity index (χ2n) is 5.56. The minimum atomic E-state index is -3.69. The Kier molecular flexibility index (Phi) is 7.37. The predicted octanol–water partition coefficient (Wildman–Crippen LogP) is 2.16. The second kappa shape index (κ2) is 9.73. The number of hydrazone groups is 1. The summed E-state index contributed by atoms with van der Waals surface area (Å²) < 4.78 is 30.1. The molecule has 1 N–H and O–H groups in total. The van der Waals surface area contributed by atoms with Crippen molar-refractivity contribution in [1.82, 2.24) is 5.43 Å². The van der Waals surface area contributed by atoms with Crippen molar-refractivity contribution in [2.24, 2.45) is 5.10 Å². The Morgan fingerprint density at radius 3 is 2.64 bits per heavy atom. The zero-order valence-corrected chi connectivity index (χ0v) is 16.4. The average Bonchev–Trinajstić information content (AvgIpc) is 2.64. The monoisotopic (exact) mass is 420 g/mol. The van der Waals surface area contributed by atoms with Crippen molar-refractivity contribution in [3.05, 3.63) is 59.1 Å². The van der Waals surface area contributed by atoms with Crippen LogP contribution in [0.15, 0.2) is 53.6 Å². The summed E-state index contributed by atoms with van der Waals surface area (Å²) in [7, 11) is -3.69. The van der Waals surface area contributed by atoms with E-state index in [1.807, 2.05) is 6.07 Å². The first-order chi connectivity index (χ1) is 13.3. The van der Waals surface area contributed by atoms with Gasteiger partial charge in [-0.1, -0.05) is 17.7 Å². The van der Waals surface area contributed by atoms with E-state index in [-0.39, 0.29) is 12.3 Å². The van der Waals surface area contributed by atoms with E-state index in [4.69, 9.17) is 21.6 Å². The predicted molar refractivity (Wildman–Crippen MR) is 107 cm³/mol. The summed E-state index contributed by atoms with van der Waals surface area (Å²) in [6.45, 7) is -0.496. The third kappa shape index (κ3) is 6.57. The van der Waals surface area contributed by atoms with Crippen LogP contribution in [0.1, 0.15) is 5.56 Å². The van der Waals surface area contributed by atoms with Gasteiger partial charge < -0.3 is 4.74 Å². The number of nitrogens with zero attached hydrogens (tertiary/aromatic N) is 3. The Balaban J connectivity index is 1.99. The number of anilines is 1. The van der Waals surface area contributed by atoms with Crippen LogP contribution in [0, 0.1) is 11.3 Å². The van der Waals surface area contributed by atoms with Crippen LogP contribution in [0.4, 0.5) is 5.69 Å². The topological polar surface area (TPSA) is 112 Å². The van der Waals surface area contributed by atoms with E-state index >= 15 is 0 Å². The van der Waals surface area contributed by atoms with Crippen LogP contribution in [0.5, 0.6) is 5.75 Å². The molecule has 0 bridgehead atoms. The molecule has 2 aromatic rings. The fraction of sp³-hybridized carbons (Fsp3) is 0.167. The normalized spacial score (nSPS) is 11.0. The molecule has 0 heterocycles. The molecule has 2 aromatic carbocycles. The van der Waals surface area contributed by atoms with Crippen molar-refractivity contribution in [3.8, 4) is 11.8 Å². The first-order valence-corrected chi connectivity index (χ1v) is 10.2. The van der Waals surface area contributed by atoms with Gasteiger partial charge in [-0.2, -0.15) is 10.4 Å². The fourth-order valence-corrected chi connectivity index (χ4v) is 3.17. The maximum absolute atomic E-state index is 12.1. The number of nitriles is 1. The third-order valence-corrected chi connectivity index (χ3v) is 4.75. The van der Waals surface area contributed by atoms with E-state index < -0.39 is 22.5 Å². The molecule has 0 aromatic heterocycles. The summed E-state index contributed by atoms with van der Waals surface area (Å²) in [5, 5.41) is 12.6. The van der Waals surface area contributed by atoms with E-state index in [0.717, 1.165) is 10.6 Å². The molecule has 0 fully saturated rings. The lowest BCUT2D eigenvalue weighted by Gasteiger charge is -2.21. The summed E-state index contributed by atoms with van der Waals surface area (Å²) in [5.41, 5.74) is 3.24. The van der Waals surface area contributed by atoms with Gasteiger partial charge in [-0.3, -0.25) is 9.10 Å². The van der Waals surface area contributed by atoms with E-state index in [9.17, 15) is 13.2 Å². The maximum Gasteiger partial charge on any atom is 0.260 e. The molecule has 0 unspecified atom stereocenters. The Morgan fingerprint density at radius 2 is 2.04 bits per heavy atom. The molecule has 8 nitrogen and oxygen atoms in total. The minimum absolute atomic E-state index is 0.0487. The van der Waals surface area contributed by atoms with Crippen molar-refractivity contribution in [2.75, 3.05) is 23.7 Å². The Hall–Kier alpha value is -3.09. The van der Waals surface area contributed by atoms with Crippen molar-refractivity contribution in [1.29, 1.82) is 5.26 Å². The highest BCUT2D eigenvalue weighted by Gasteiger charge is 2.20. The van der Waals surface area contributed by atoms with Crippen molar-refractivity contribution >= 4 is 39.4 Å². The molecule has 0 aliphatic carbocycles. The molecule has 2 rings (SSSR count). The highest BCUT2D eigenvalue weighted by atomic mass is 35.5. The van der Waals surface area contributed by atoms with Gasteiger partial charge in [0.15, 0.2) is 6.61 Å². The van der Waals surface area contributed by atoms with Gasteiger partial charge in [0.05, 0.1) is 18.2 Å². The summed E-state index contributed by atoms with van der Waals surface area (Å²) >= 11 is 5.90. The van der Waals surface area contributed by atoms with Crippen LogP contribution in [0.25, 0.3) is 0 Å². The van der Waals surface area contributed by atoms with E-state index in [2.05, 4.69) is 10.5 Å². The summed E-state index contributed by atoms with van der Waals surface area (Å²) in [4.78, 5) is 12.1. The summed E-state index contributed by atoms with van der Waals surface area (Å²) in [6, 6.07) is 14.8. The van der Waals surface area contributed by atoms with E-state index in [0.29, 0.717) is 16.3 Å². The number of ether oxygens (including phenoxy) is 1. The Bertz CT molecular complexity index is 1000. The quantitative estimate of drug-likeness (QED) is 0.519. The number of benzene rings is 2. The number of rotatable bonds is 8. The van der Waals surface area contributed by atoms with Gasteiger partial charge in [0.25, 0.3) is 5.91 Å². The van der Waals surface area contributed by atoms with Gasteiger partial charge in [0, 0.05) is 5.02 Å². The number of carbonyl (C=O) groups is 1. The van der Waals surface area contributed by atoms with Gasteiger partial charge >= 0.3 is 0 Å². The molecular weight excluding hydrogens is 404 g/mol. The lowest BCUT2D eigenvalue weighted by Crippen LogP contribution is -2.39. The van der Waals surface area contributed by atoms with Gasteiger partial charge in [-0.25, -0.2) is 13.8 Å². The summed E-state index contributed by atoms with van der Waals surface area (Å²) in [6.07, 6.45) is 2.40. The number of halogens is 1. The zero-order valence-electron chi connectivity index (χ0n) is 14.9. The van der Waals surface area contributed by atoms with Crippen molar-refractivity contribution in [2.45, 2.75) is 0 Å². The SMILES string of the molecule is CS(=O)(=O)N(CC(=O)N/N=C\c1ccc(OCC#N)cc1)c1cccc(Cl)c1. The third-order valence-electron chi connectivity index (χ3n) is 3.37. The highest BCUT2D eigenvalue weighted by Crippen LogP contribution is 2.21. The number of carbonyl (C=O) groups excluding carboxylic acids is 1. The van der Waals surface area contributed by atoms with Crippen LogP contribution < -0.4 is 14.5 Å². The number of nitrogens with one attached hydrogen (secondary N) is 1. The average molecular weight is 421 g/mol. The van der Waals surface area contributed by atoms with Crippen LogP contribution in [0.3, 0.4) is 0 Å². The molecule has 0 aliphatic heterocycles. The fourth-order valence-electron chi connectivity index (χ4n) is 2.14. The lowest BCUT2D eigenvalue weighted by atomic mass is 10.2. The van der Waals surface area contributed by atoms with E-state index in [1.165, 1.54) is 12.3 Å².